The molecule has 0 fully saturated rings. The van der Waals surface area contributed by atoms with Gasteiger partial charge in [0, 0.05) is 20.2 Å². The van der Waals surface area contributed by atoms with Crippen LogP contribution in [0.5, 0.6) is 5.75 Å². The van der Waals surface area contributed by atoms with Crippen molar-refractivity contribution in [2.24, 2.45) is 0 Å². The van der Waals surface area contributed by atoms with Crippen molar-refractivity contribution in [2.45, 2.75) is 6.54 Å². The van der Waals surface area contributed by atoms with Gasteiger partial charge in [-0.05, 0) is 24.7 Å². The Balaban J connectivity index is 2.27. The molecule has 100 valence electrons. The molecule has 0 bridgehead atoms. The van der Waals surface area contributed by atoms with Crippen molar-refractivity contribution in [3.8, 4) is 5.75 Å². The highest BCUT2D eigenvalue weighted by molar-refractivity contribution is 5.77. The third-order valence-corrected chi connectivity index (χ3v) is 2.30. The summed E-state index contributed by atoms with van der Waals surface area (Å²) in [6.07, 6.45) is 0. The molecular formula is C13H20N2O3. The van der Waals surface area contributed by atoms with E-state index in [-0.39, 0.29) is 12.5 Å². The molecule has 1 amide bonds. The fraction of sp³-hybridized carbons (Fsp3) is 0.462. The van der Waals surface area contributed by atoms with Gasteiger partial charge < -0.3 is 20.1 Å². The number of hydrogen-bond acceptors (Lipinski definition) is 4. The molecule has 0 saturated carbocycles. The van der Waals surface area contributed by atoms with Crippen LogP contribution in [0, 0.1) is 0 Å². The third kappa shape index (κ3) is 5.65. The molecule has 1 aromatic rings. The minimum Gasteiger partial charge on any atom is -0.484 e. The van der Waals surface area contributed by atoms with Crippen molar-refractivity contribution in [2.75, 3.05) is 33.9 Å². The van der Waals surface area contributed by atoms with E-state index in [1.54, 1.807) is 7.11 Å². The van der Waals surface area contributed by atoms with Crippen LogP contribution in [0.2, 0.25) is 0 Å². The van der Waals surface area contributed by atoms with Gasteiger partial charge in [-0.15, -0.1) is 0 Å². The number of methoxy groups -OCH3 is 1. The van der Waals surface area contributed by atoms with E-state index in [0.717, 1.165) is 6.54 Å². The lowest BCUT2D eigenvalue weighted by atomic mass is 10.2. The summed E-state index contributed by atoms with van der Waals surface area (Å²) < 4.78 is 10.2. The SMILES string of the molecule is CNCc1ccc(OCC(=O)NCCOC)cc1. The largest absolute Gasteiger partial charge is 0.484 e. The standard InChI is InChI=1S/C13H20N2O3/c1-14-9-11-3-5-12(6-4-11)18-10-13(16)15-7-8-17-2/h3-6,14H,7-10H2,1-2H3,(H,15,16). The first-order chi connectivity index (χ1) is 8.76. The quantitative estimate of drug-likeness (QED) is 0.663. The molecule has 0 aliphatic heterocycles. The molecule has 0 spiro atoms. The summed E-state index contributed by atoms with van der Waals surface area (Å²) >= 11 is 0. The lowest BCUT2D eigenvalue weighted by Gasteiger charge is -2.07. The number of rotatable bonds is 8. The summed E-state index contributed by atoms with van der Waals surface area (Å²) in [7, 11) is 3.49. The van der Waals surface area contributed by atoms with Gasteiger partial charge in [0.25, 0.3) is 5.91 Å². The topological polar surface area (TPSA) is 59.6 Å². The highest BCUT2D eigenvalue weighted by Crippen LogP contribution is 2.11. The Morgan fingerprint density at radius 2 is 2.00 bits per heavy atom. The van der Waals surface area contributed by atoms with Gasteiger partial charge in [-0.1, -0.05) is 12.1 Å². The molecule has 0 aliphatic rings. The Bertz CT molecular complexity index is 352. The number of amides is 1. The summed E-state index contributed by atoms with van der Waals surface area (Å²) in [5, 5.41) is 5.75. The second-order valence-corrected chi connectivity index (χ2v) is 3.81. The van der Waals surface area contributed by atoms with E-state index >= 15 is 0 Å². The van der Waals surface area contributed by atoms with E-state index in [1.807, 2.05) is 31.3 Å². The molecule has 1 rings (SSSR count). The van der Waals surface area contributed by atoms with Crippen molar-refractivity contribution in [1.82, 2.24) is 10.6 Å². The minimum atomic E-state index is -0.147. The smallest absolute Gasteiger partial charge is 0.258 e. The van der Waals surface area contributed by atoms with Crippen LogP contribution in [0.4, 0.5) is 0 Å². The monoisotopic (exact) mass is 252 g/mol. The number of benzene rings is 1. The van der Waals surface area contributed by atoms with Gasteiger partial charge in [0.05, 0.1) is 6.61 Å². The molecule has 0 aromatic heterocycles. The van der Waals surface area contributed by atoms with Crippen LogP contribution in [0.3, 0.4) is 0 Å². The lowest BCUT2D eigenvalue weighted by Crippen LogP contribution is -2.31. The first kappa shape index (κ1) is 14.5. The molecule has 1 aromatic carbocycles. The molecule has 0 aliphatic carbocycles. The van der Waals surface area contributed by atoms with Gasteiger partial charge >= 0.3 is 0 Å². The summed E-state index contributed by atoms with van der Waals surface area (Å²) in [4.78, 5) is 11.4. The van der Waals surface area contributed by atoms with Gasteiger partial charge in [0.15, 0.2) is 6.61 Å². The zero-order chi connectivity index (χ0) is 13.2. The first-order valence-electron chi connectivity index (χ1n) is 5.88. The molecule has 0 saturated heterocycles. The maximum absolute atomic E-state index is 11.4. The van der Waals surface area contributed by atoms with Crippen LogP contribution in [0.25, 0.3) is 0 Å². The van der Waals surface area contributed by atoms with Gasteiger partial charge in [-0.25, -0.2) is 0 Å². The Morgan fingerprint density at radius 3 is 2.61 bits per heavy atom. The number of hydrogen-bond donors (Lipinski definition) is 2. The summed E-state index contributed by atoms with van der Waals surface area (Å²) in [5.74, 6) is 0.545. The van der Waals surface area contributed by atoms with Crippen LogP contribution < -0.4 is 15.4 Å². The van der Waals surface area contributed by atoms with Crippen LogP contribution in [0.1, 0.15) is 5.56 Å². The summed E-state index contributed by atoms with van der Waals surface area (Å²) in [6, 6.07) is 7.65. The molecular weight excluding hydrogens is 232 g/mol. The van der Waals surface area contributed by atoms with E-state index < -0.39 is 0 Å². The fourth-order valence-electron chi connectivity index (χ4n) is 1.40. The third-order valence-electron chi connectivity index (χ3n) is 2.30. The Kier molecular flexibility index (Phi) is 6.83. The van der Waals surface area contributed by atoms with E-state index in [4.69, 9.17) is 9.47 Å². The van der Waals surface area contributed by atoms with Gasteiger partial charge in [0.2, 0.25) is 0 Å². The number of carbonyl (C=O) groups excluding carboxylic acids is 1. The molecule has 18 heavy (non-hydrogen) atoms. The van der Waals surface area contributed by atoms with Crippen molar-refractivity contribution >= 4 is 5.91 Å². The van der Waals surface area contributed by atoms with Gasteiger partial charge in [-0.2, -0.15) is 0 Å². The lowest BCUT2D eigenvalue weighted by molar-refractivity contribution is -0.123. The van der Waals surface area contributed by atoms with Crippen LogP contribution in [0.15, 0.2) is 24.3 Å². The number of carbonyl (C=O) groups is 1. The molecule has 5 heteroatoms. The van der Waals surface area contributed by atoms with Gasteiger partial charge in [0.1, 0.15) is 5.75 Å². The molecule has 0 radical (unpaired) electrons. The predicted molar refractivity (Wildman–Crippen MR) is 69.6 cm³/mol. The van der Waals surface area contributed by atoms with E-state index in [9.17, 15) is 4.79 Å². The van der Waals surface area contributed by atoms with Crippen LogP contribution in [-0.2, 0) is 16.1 Å². The second-order valence-electron chi connectivity index (χ2n) is 3.81. The zero-order valence-corrected chi connectivity index (χ0v) is 10.9. The number of ether oxygens (including phenoxy) is 2. The average Bonchev–Trinajstić information content (AvgIpc) is 2.39. The Morgan fingerprint density at radius 1 is 1.28 bits per heavy atom. The maximum Gasteiger partial charge on any atom is 0.258 e. The Labute approximate surface area is 107 Å². The van der Waals surface area contributed by atoms with Crippen molar-refractivity contribution in [3.05, 3.63) is 29.8 Å². The molecule has 0 atom stereocenters. The molecule has 2 N–H and O–H groups in total. The van der Waals surface area contributed by atoms with Crippen molar-refractivity contribution < 1.29 is 14.3 Å². The highest BCUT2D eigenvalue weighted by Gasteiger charge is 2.01. The molecule has 5 nitrogen and oxygen atoms in total. The predicted octanol–water partition coefficient (Wildman–Crippen LogP) is 0.547. The normalized spacial score (nSPS) is 10.1. The van der Waals surface area contributed by atoms with E-state index in [2.05, 4.69) is 10.6 Å². The van der Waals surface area contributed by atoms with Crippen molar-refractivity contribution in [1.29, 1.82) is 0 Å². The van der Waals surface area contributed by atoms with E-state index in [1.165, 1.54) is 5.56 Å². The van der Waals surface area contributed by atoms with Crippen molar-refractivity contribution in [3.63, 3.8) is 0 Å². The molecule has 0 unspecified atom stereocenters. The van der Waals surface area contributed by atoms with E-state index in [0.29, 0.717) is 18.9 Å². The zero-order valence-electron chi connectivity index (χ0n) is 10.9. The fourth-order valence-corrected chi connectivity index (χ4v) is 1.40. The summed E-state index contributed by atoms with van der Waals surface area (Å²) in [5.41, 5.74) is 1.18. The first-order valence-corrected chi connectivity index (χ1v) is 5.88. The minimum absolute atomic E-state index is 0.0229. The van der Waals surface area contributed by atoms with Crippen LogP contribution >= 0.6 is 0 Å². The molecule has 0 heterocycles. The average molecular weight is 252 g/mol. The van der Waals surface area contributed by atoms with Crippen LogP contribution in [-0.4, -0.2) is 39.8 Å². The Hall–Kier alpha value is -1.59. The van der Waals surface area contributed by atoms with Gasteiger partial charge in [-0.3, -0.25) is 4.79 Å². The number of nitrogens with one attached hydrogen (secondary N) is 2. The summed E-state index contributed by atoms with van der Waals surface area (Å²) in [6.45, 7) is 1.84. The highest BCUT2D eigenvalue weighted by atomic mass is 16.5. The second kappa shape index (κ2) is 8.49. The maximum atomic E-state index is 11.4.